The summed E-state index contributed by atoms with van der Waals surface area (Å²) in [7, 11) is -3.38. The van der Waals surface area contributed by atoms with Crippen molar-refractivity contribution in [1.29, 1.82) is 0 Å². The van der Waals surface area contributed by atoms with E-state index in [2.05, 4.69) is 5.32 Å². The predicted octanol–water partition coefficient (Wildman–Crippen LogP) is 1.86. The van der Waals surface area contributed by atoms with E-state index in [1.807, 2.05) is 27.7 Å². The number of benzene rings is 1. The normalized spacial score (nSPS) is 18.2. The number of hydrogen-bond donors (Lipinski definition) is 1. The number of nitrogens with zero attached hydrogens (tertiary/aromatic N) is 1. The van der Waals surface area contributed by atoms with Gasteiger partial charge in [0.15, 0.2) is 6.10 Å². The molecule has 0 fully saturated rings. The quantitative estimate of drug-likeness (QED) is 0.803. The molecule has 1 N–H and O–H groups in total. The number of nitrogens with one attached hydrogen (secondary N) is 1. The minimum atomic E-state index is -3.38. The van der Waals surface area contributed by atoms with Gasteiger partial charge in [0.1, 0.15) is 0 Å². The molecular formula is C18H26N2O5S. The molecule has 1 heterocycles. The van der Waals surface area contributed by atoms with Gasteiger partial charge in [0.05, 0.1) is 17.5 Å². The Morgan fingerprint density at radius 1 is 1.31 bits per heavy atom. The molecule has 1 amide bonds. The Hall–Kier alpha value is -2.09. The Morgan fingerprint density at radius 2 is 1.92 bits per heavy atom. The van der Waals surface area contributed by atoms with Crippen LogP contribution in [0.5, 0.6) is 0 Å². The molecule has 26 heavy (non-hydrogen) atoms. The van der Waals surface area contributed by atoms with Crippen LogP contribution >= 0.6 is 0 Å². The highest BCUT2D eigenvalue weighted by molar-refractivity contribution is 7.92. The second-order valence-corrected chi connectivity index (χ2v) is 9.60. The molecule has 0 saturated heterocycles. The van der Waals surface area contributed by atoms with Gasteiger partial charge in [-0.25, -0.2) is 13.2 Å². The van der Waals surface area contributed by atoms with E-state index in [0.717, 1.165) is 11.8 Å². The van der Waals surface area contributed by atoms with Crippen LogP contribution in [0, 0.1) is 0 Å². The molecule has 0 unspecified atom stereocenters. The summed E-state index contributed by atoms with van der Waals surface area (Å²) in [4.78, 5) is 24.4. The molecule has 0 aromatic heterocycles. The summed E-state index contributed by atoms with van der Waals surface area (Å²) in [5.74, 6) is -0.987. The van der Waals surface area contributed by atoms with E-state index < -0.39 is 27.6 Å². The van der Waals surface area contributed by atoms with Crippen LogP contribution < -0.4 is 9.62 Å². The lowest BCUT2D eigenvalue weighted by Gasteiger charge is -2.23. The van der Waals surface area contributed by atoms with E-state index in [1.54, 1.807) is 12.1 Å². The molecule has 1 aromatic carbocycles. The van der Waals surface area contributed by atoms with E-state index in [-0.39, 0.29) is 11.9 Å². The fourth-order valence-corrected chi connectivity index (χ4v) is 4.25. The molecular weight excluding hydrogens is 356 g/mol. The lowest BCUT2D eigenvalue weighted by Crippen LogP contribution is -2.46. The molecule has 7 nitrogen and oxygen atoms in total. The zero-order valence-electron chi connectivity index (χ0n) is 16.0. The highest BCUT2D eigenvalue weighted by Gasteiger charge is 2.33. The minimum Gasteiger partial charge on any atom is -0.449 e. The summed E-state index contributed by atoms with van der Waals surface area (Å²) in [5, 5.41) is 2.76. The summed E-state index contributed by atoms with van der Waals surface area (Å²) in [6.07, 6.45) is 0.751. The van der Waals surface area contributed by atoms with Crippen LogP contribution in [0.25, 0.3) is 0 Å². The second-order valence-electron chi connectivity index (χ2n) is 7.74. The Labute approximate surface area is 154 Å². The standard InChI is InChI=1S/C18H26N2O5S/c1-11-9-14-10-13(7-8-15(14)20(11)26(6,23)24)17(22)25-12(2)16(21)19-18(3,4)5/h7-8,10-12H,9H2,1-6H3,(H,19,21)/t11-,12-/m0/s1. The highest BCUT2D eigenvalue weighted by atomic mass is 32.2. The first-order valence-corrected chi connectivity index (χ1v) is 10.3. The Balaban J connectivity index is 2.15. The van der Waals surface area contributed by atoms with Crippen molar-refractivity contribution in [3.05, 3.63) is 29.3 Å². The van der Waals surface area contributed by atoms with Gasteiger partial charge >= 0.3 is 5.97 Å². The average molecular weight is 382 g/mol. The number of carbonyl (C=O) groups is 2. The van der Waals surface area contributed by atoms with Crippen molar-refractivity contribution in [2.75, 3.05) is 10.6 Å². The van der Waals surface area contributed by atoms with E-state index in [1.165, 1.54) is 17.3 Å². The van der Waals surface area contributed by atoms with Crippen molar-refractivity contribution in [3.8, 4) is 0 Å². The summed E-state index contributed by atoms with van der Waals surface area (Å²) >= 11 is 0. The SMILES string of the molecule is C[C@H](OC(=O)c1ccc2c(c1)C[C@H](C)N2S(C)(=O)=O)C(=O)NC(C)(C)C. The topological polar surface area (TPSA) is 92.8 Å². The highest BCUT2D eigenvalue weighted by Crippen LogP contribution is 2.34. The molecule has 0 spiro atoms. The largest absolute Gasteiger partial charge is 0.449 e. The van der Waals surface area contributed by atoms with E-state index in [0.29, 0.717) is 17.7 Å². The maximum absolute atomic E-state index is 12.4. The first kappa shape index (κ1) is 20.2. The molecule has 144 valence electrons. The Bertz CT molecular complexity index is 826. The number of amides is 1. The maximum atomic E-state index is 12.4. The van der Waals surface area contributed by atoms with Crippen LogP contribution in [0.3, 0.4) is 0 Å². The van der Waals surface area contributed by atoms with Crippen molar-refractivity contribution in [2.24, 2.45) is 0 Å². The van der Waals surface area contributed by atoms with Crippen LogP contribution in [-0.4, -0.2) is 44.2 Å². The number of esters is 1. The van der Waals surface area contributed by atoms with Crippen LogP contribution in [-0.2, 0) is 26.0 Å². The number of carbonyl (C=O) groups excluding carboxylic acids is 2. The van der Waals surface area contributed by atoms with Gasteiger partial charge in [-0.3, -0.25) is 9.10 Å². The minimum absolute atomic E-state index is 0.206. The molecule has 0 bridgehead atoms. The smallest absolute Gasteiger partial charge is 0.338 e. The molecule has 0 saturated carbocycles. The number of hydrogen-bond acceptors (Lipinski definition) is 5. The zero-order valence-corrected chi connectivity index (χ0v) is 16.8. The van der Waals surface area contributed by atoms with Gasteiger partial charge in [0, 0.05) is 11.6 Å². The van der Waals surface area contributed by atoms with Crippen molar-refractivity contribution < 1.29 is 22.7 Å². The summed E-state index contributed by atoms with van der Waals surface area (Å²) in [5.41, 5.74) is 1.22. The van der Waals surface area contributed by atoms with Gasteiger partial charge < -0.3 is 10.1 Å². The third-order valence-electron chi connectivity index (χ3n) is 3.98. The lowest BCUT2D eigenvalue weighted by atomic mass is 10.1. The van der Waals surface area contributed by atoms with Crippen LogP contribution in [0.4, 0.5) is 5.69 Å². The predicted molar refractivity (Wildman–Crippen MR) is 99.7 cm³/mol. The molecule has 2 rings (SSSR count). The van der Waals surface area contributed by atoms with Gasteiger partial charge in [-0.2, -0.15) is 0 Å². The number of ether oxygens (including phenoxy) is 1. The number of fused-ring (bicyclic) bond motifs is 1. The second kappa shape index (κ2) is 6.90. The number of rotatable bonds is 4. The van der Waals surface area contributed by atoms with E-state index >= 15 is 0 Å². The van der Waals surface area contributed by atoms with Gasteiger partial charge in [0.25, 0.3) is 5.91 Å². The van der Waals surface area contributed by atoms with E-state index in [4.69, 9.17) is 4.74 Å². The first-order chi connectivity index (χ1) is 11.8. The number of anilines is 1. The average Bonchev–Trinajstić information content (AvgIpc) is 2.79. The third kappa shape index (κ3) is 4.55. The summed E-state index contributed by atoms with van der Waals surface area (Å²) in [6, 6.07) is 4.55. The van der Waals surface area contributed by atoms with Crippen molar-refractivity contribution in [2.45, 2.75) is 58.7 Å². The molecule has 0 aliphatic carbocycles. The molecule has 1 aliphatic heterocycles. The maximum Gasteiger partial charge on any atom is 0.338 e. The summed E-state index contributed by atoms with van der Waals surface area (Å²) in [6.45, 7) is 8.86. The summed E-state index contributed by atoms with van der Waals surface area (Å²) < 4.78 is 30.5. The van der Waals surface area contributed by atoms with Crippen LogP contribution in [0.15, 0.2) is 18.2 Å². The Morgan fingerprint density at radius 3 is 2.46 bits per heavy atom. The fourth-order valence-electron chi connectivity index (χ4n) is 2.99. The zero-order chi connectivity index (χ0) is 19.9. The number of sulfonamides is 1. The molecule has 8 heteroatoms. The molecule has 1 aromatic rings. The first-order valence-electron chi connectivity index (χ1n) is 8.45. The van der Waals surface area contributed by atoms with Crippen molar-refractivity contribution in [3.63, 3.8) is 0 Å². The monoisotopic (exact) mass is 382 g/mol. The van der Waals surface area contributed by atoms with Gasteiger partial charge in [-0.1, -0.05) is 0 Å². The molecule has 0 radical (unpaired) electrons. The molecule has 2 atom stereocenters. The van der Waals surface area contributed by atoms with Gasteiger partial charge in [0.2, 0.25) is 10.0 Å². The van der Waals surface area contributed by atoms with Crippen molar-refractivity contribution >= 4 is 27.6 Å². The third-order valence-corrected chi connectivity index (χ3v) is 5.25. The van der Waals surface area contributed by atoms with Crippen LogP contribution in [0.1, 0.15) is 50.5 Å². The molecule has 1 aliphatic rings. The Kier molecular flexibility index (Phi) is 5.37. The van der Waals surface area contributed by atoms with Gasteiger partial charge in [-0.15, -0.1) is 0 Å². The van der Waals surface area contributed by atoms with E-state index in [9.17, 15) is 18.0 Å². The van der Waals surface area contributed by atoms with Crippen molar-refractivity contribution in [1.82, 2.24) is 5.32 Å². The van der Waals surface area contributed by atoms with Gasteiger partial charge in [-0.05, 0) is 64.8 Å². The fraction of sp³-hybridized carbons (Fsp3) is 0.556. The van der Waals surface area contributed by atoms with Crippen LogP contribution in [0.2, 0.25) is 0 Å². The lowest BCUT2D eigenvalue weighted by molar-refractivity contribution is -0.130.